The Morgan fingerprint density at radius 3 is 2.89 bits per heavy atom. The van der Waals surface area contributed by atoms with Gasteiger partial charge in [0.15, 0.2) is 0 Å². The number of H-pyrrole nitrogens is 1. The van der Waals surface area contributed by atoms with Crippen molar-refractivity contribution in [2.45, 2.75) is 42.9 Å². The Kier molecular flexibility index (Phi) is 4.24. The Balaban J connectivity index is 2.16. The molecule has 8 heteroatoms. The quantitative estimate of drug-likeness (QED) is 0.745. The molecular formula is C11H20N4O2S2. The fourth-order valence-electron chi connectivity index (χ4n) is 2.26. The van der Waals surface area contributed by atoms with Gasteiger partial charge in [0.1, 0.15) is 4.90 Å². The molecule has 1 atom stereocenters. The maximum Gasteiger partial charge on any atom is 0.244 e. The molecule has 4 N–H and O–H groups in total. The van der Waals surface area contributed by atoms with Gasteiger partial charge in [0.25, 0.3) is 0 Å². The largest absolute Gasteiger partial charge is 0.325 e. The van der Waals surface area contributed by atoms with Crippen LogP contribution in [-0.4, -0.2) is 35.7 Å². The van der Waals surface area contributed by atoms with Crippen LogP contribution in [0.25, 0.3) is 0 Å². The molecule has 0 radical (unpaired) electrons. The first kappa shape index (κ1) is 14.8. The van der Waals surface area contributed by atoms with Crippen molar-refractivity contribution in [3.8, 4) is 0 Å². The van der Waals surface area contributed by atoms with Gasteiger partial charge in [-0.1, -0.05) is 0 Å². The third-order valence-corrected chi connectivity index (χ3v) is 6.50. The summed E-state index contributed by atoms with van der Waals surface area (Å²) < 4.78 is 27.4. The van der Waals surface area contributed by atoms with Crippen LogP contribution in [0.5, 0.6) is 0 Å². The standard InChI is InChI=1S/C11H20N4O2S2/c1-8-10(9(6-12)15-14-8)19(16,17)13-7-11(2)4-3-5-18-11/h13H,3-7,12H2,1-2H3,(H,14,15). The van der Waals surface area contributed by atoms with Crippen LogP contribution < -0.4 is 10.5 Å². The number of aromatic nitrogens is 2. The van der Waals surface area contributed by atoms with E-state index in [-0.39, 0.29) is 16.2 Å². The van der Waals surface area contributed by atoms with E-state index >= 15 is 0 Å². The van der Waals surface area contributed by atoms with Gasteiger partial charge in [-0.15, -0.1) is 0 Å². The van der Waals surface area contributed by atoms with Crippen molar-refractivity contribution in [1.29, 1.82) is 0 Å². The highest BCUT2D eigenvalue weighted by atomic mass is 32.2. The minimum absolute atomic E-state index is 0.00636. The van der Waals surface area contributed by atoms with Crippen LogP contribution in [0.2, 0.25) is 0 Å². The zero-order valence-corrected chi connectivity index (χ0v) is 12.8. The molecule has 1 aromatic heterocycles. The molecule has 0 amide bonds. The number of nitrogens with one attached hydrogen (secondary N) is 2. The molecule has 1 fully saturated rings. The van der Waals surface area contributed by atoms with Gasteiger partial charge in [-0.05, 0) is 32.4 Å². The summed E-state index contributed by atoms with van der Waals surface area (Å²) >= 11 is 1.82. The molecule has 0 aliphatic carbocycles. The molecule has 0 aromatic carbocycles. The van der Waals surface area contributed by atoms with E-state index in [2.05, 4.69) is 21.8 Å². The summed E-state index contributed by atoms with van der Waals surface area (Å²) in [6.07, 6.45) is 2.18. The Bertz CT molecular complexity index is 547. The molecule has 1 unspecified atom stereocenters. The van der Waals surface area contributed by atoms with Crippen molar-refractivity contribution >= 4 is 21.8 Å². The summed E-state index contributed by atoms with van der Waals surface area (Å²) in [6, 6.07) is 0. The Labute approximate surface area is 118 Å². The summed E-state index contributed by atoms with van der Waals surface area (Å²) in [7, 11) is -3.55. The van der Waals surface area contributed by atoms with E-state index in [0.717, 1.165) is 18.6 Å². The minimum atomic E-state index is -3.55. The van der Waals surface area contributed by atoms with E-state index in [1.54, 1.807) is 6.92 Å². The van der Waals surface area contributed by atoms with Crippen molar-refractivity contribution < 1.29 is 8.42 Å². The molecule has 108 valence electrons. The Hall–Kier alpha value is -0.570. The fourth-order valence-corrected chi connectivity index (χ4v) is 5.14. The van der Waals surface area contributed by atoms with Gasteiger partial charge >= 0.3 is 0 Å². The number of thioether (sulfide) groups is 1. The average molecular weight is 304 g/mol. The molecule has 2 rings (SSSR count). The number of nitrogens with two attached hydrogens (primary N) is 1. The summed E-state index contributed by atoms with van der Waals surface area (Å²) in [6.45, 7) is 4.33. The summed E-state index contributed by atoms with van der Waals surface area (Å²) in [5, 5.41) is 6.60. The summed E-state index contributed by atoms with van der Waals surface area (Å²) in [5.74, 6) is 1.09. The summed E-state index contributed by atoms with van der Waals surface area (Å²) in [5.41, 5.74) is 6.43. The molecule has 1 saturated heterocycles. The van der Waals surface area contributed by atoms with Gasteiger partial charge in [0.05, 0.1) is 11.4 Å². The van der Waals surface area contributed by atoms with E-state index in [0.29, 0.717) is 17.9 Å². The number of hydrogen-bond acceptors (Lipinski definition) is 5. The molecule has 1 aliphatic rings. The van der Waals surface area contributed by atoms with Crippen LogP contribution in [0.1, 0.15) is 31.2 Å². The first-order valence-corrected chi connectivity index (χ1v) is 8.72. The third kappa shape index (κ3) is 3.13. The van der Waals surface area contributed by atoms with Gasteiger partial charge < -0.3 is 5.73 Å². The third-order valence-electron chi connectivity index (χ3n) is 3.36. The highest BCUT2D eigenvalue weighted by molar-refractivity contribution is 8.01. The molecule has 2 heterocycles. The van der Waals surface area contributed by atoms with Crippen molar-refractivity contribution in [2.75, 3.05) is 12.3 Å². The SMILES string of the molecule is Cc1[nH]nc(CN)c1S(=O)(=O)NCC1(C)CCCS1. The van der Waals surface area contributed by atoms with E-state index in [9.17, 15) is 8.42 Å². The number of hydrogen-bond donors (Lipinski definition) is 3. The molecule has 19 heavy (non-hydrogen) atoms. The van der Waals surface area contributed by atoms with Crippen molar-refractivity contribution in [2.24, 2.45) is 5.73 Å². The molecule has 0 saturated carbocycles. The van der Waals surface area contributed by atoms with E-state index in [4.69, 9.17) is 5.73 Å². The van der Waals surface area contributed by atoms with E-state index in [1.165, 1.54) is 0 Å². The predicted octanol–water partition coefficient (Wildman–Crippen LogP) is 0.741. The van der Waals surface area contributed by atoms with E-state index in [1.807, 2.05) is 11.8 Å². The lowest BCUT2D eigenvalue weighted by atomic mass is 10.1. The van der Waals surface area contributed by atoms with Crippen molar-refractivity contribution in [3.63, 3.8) is 0 Å². The second kappa shape index (κ2) is 5.43. The second-order valence-corrected chi connectivity index (χ2v) is 8.44. The molecule has 6 nitrogen and oxygen atoms in total. The topological polar surface area (TPSA) is 101 Å². The van der Waals surface area contributed by atoms with Gasteiger partial charge in [0, 0.05) is 17.8 Å². The maximum atomic E-state index is 12.4. The molecule has 1 aliphatic heterocycles. The maximum absolute atomic E-state index is 12.4. The Morgan fingerprint density at radius 1 is 1.58 bits per heavy atom. The predicted molar refractivity (Wildman–Crippen MR) is 76.5 cm³/mol. The zero-order chi connectivity index (χ0) is 14.1. The molecule has 0 bridgehead atoms. The van der Waals surface area contributed by atoms with Crippen LogP contribution >= 0.6 is 11.8 Å². The monoisotopic (exact) mass is 304 g/mol. The fraction of sp³-hybridized carbons (Fsp3) is 0.727. The lowest BCUT2D eigenvalue weighted by Crippen LogP contribution is -2.37. The lowest BCUT2D eigenvalue weighted by molar-refractivity contribution is 0.551. The van der Waals surface area contributed by atoms with Crippen molar-refractivity contribution in [1.82, 2.24) is 14.9 Å². The number of rotatable bonds is 5. The van der Waals surface area contributed by atoms with Crippen LogP contribution in [-0.2, 0) is 16.6 Å². The average Bonchev–Trinajstić information content (AvgIpc) is 2.94. The highest BCUT2D eigenvalue weighted by Crippen LogP contribution is 2.37. The number of aryl methyl sites for hydroxylation is 1. The lowest BCUT2D eigenvalue weighted by Gasteiger charge is -2.22. The van der Waals surface area contributed by atoms with Gasteiger partial charge in [-0.3, -0.25) is 5.10 Å². The first-order chi connectivity index (χ1) is 8.88. The molecule has 1 aromatic rings. The van der Waals surface area contributed by atoms with Crippen molar-refractivity contribution in [3.05, 3.63) is 11.4 Å². The van der Waals surface area contributed by atoms with Crippen LogP contribution in [0.15, 0.2) is 4.90 Å². The summed E-state index contributed by atoms with van der Waals surface area (Å²) in [4.78, 5) is 0.196. The van der Waals surface area contributed by atoms with Crippen LogP contribution in [0, 0.1) is 6.92 Å². The number of sulfonamides is 1. The molecule has 0 spiro atoms. The Morgan fingerprint density at radius 2 is 2.32 bits per heavy atom. The van der Waals surface area contributed by atoms with Crippen LogP contribution in [0.3, 0.4) is 0 Å². The number of nitrogens with zero attached hydrogens (tertiary/aromatic N) is 1. The van der Waals surface area contributed by atoms with Crippen LogP contribution in [0.4, 0.5) is 0 Å². The van der Waals surface area contributed by atoms with E-state index < -0.39 is 10.0 Å². The second-order valence-electron chi connectivity index (χ2n) is 5.06. The normalized spacial score (nSPS) is 23.9. The number of aromatic amines is 1. The molecular weight excluding hydrogens is 284 g/mol. The van der Waals surface area contributed by atoms with Gasteiger partial charge in [-0.2, -0.15) is 16.9 Å². The first-order valence-electron chi connectivity index (χ1n) is 6.25. The van der Waals surface area contributed by atoms with Gasteiger partial charge in [-0.25, -0.2) is 13.1 Å². The van der Waals surface area contributed by atoms with Gasteiger partial charge in [0.2, 0.25) is 10.0 Å². The zero-order valence-electron chi connectivity index (χ0n) is 11.2. The smallest absolute Gasteiger partial charge is 0.244 e. The highest BCUT2D eigenvalue weighted by Gasteiger charge is 2.32. The minimum Gasteiger partial charge on any atom is -0.325 e.